The van der Waals surface area contributed by atoms with E-state index in [1.807, 2.05) is 0 Å². The molecule has 0 amide bonds. The summed E-state index contributed by atoms with van der Waals surface area (Å²) in [6.07, 6.45) is 7.34. The average molecular weight is 141 g/mol. The molecule has 1 aliphatic carbocycles. The largest absolute Gasteiger partial charge is 0.317 e. The van der Waals surface area contributed by atoms with Gasteiger partial charge in [0.25, 0.3) is 0 Å². The van der Waals surface area contributed by atoms with Crippen molar-refractivity contribution in [3.8, 4) is 0 Å². The number of unbranched alkanes of at least 4 members (excludes halogenated alkanes) is 1. The zero-order valence-electron chi connectivity index (χ0n) is 7.03. The lowest BCUT2D eigenvalue weighted by Crippen LogP contribution is -2.13. The highest BCUT2D eigenvalue weighted by atomic mass is 14.8. The minimum atomic E-state index is 1.13. The smallest absolute Gasteiger partial charge is 0.00490 e. The highest BCUT2D eigenvalue weighted by Gasteiger charge is 2.19. The normalized spacial score (nSPS) is 17.7. The van der Waals surface area contributed by atoms with Crippen molar-refractivity contribution in [1.82, 2.24) is 5.32 Å². The first-order valence-corrected chi connectivity index (χ1v) is 4.64. The standard InChI is InChI=1S/C9H19N/c1-2-10-8-4-3-5-9-6-7-9/h9-10H,2-8H2,1H3. The summed E-state index contributed by atoms with van der Waals surface area (Å²) in [6.45, 7) is 4.52. The van der Waals surface area contributed by atoms with Crippen molar-refractivity contribution in [2.75, 3.05) is 13.1 Å². The van der Waals surface area contributed by atoms with Gasteiger partial charge in [0.2, 0.25) is 0 Å². The van der Waals surface area contributed by atoms with E-state index in [4.69, 9.17) is 0 Å². The molecule has 0 bridgehead atoms. The zero-order valence-corrected chi connectivity index (χ0v) is 7.03. The van der Waals surface area contributed by atoms with Gasteiger partial charge >= 0.3 is 0 Å². The van der Waals surface area contributed by atoms with Crippen LogP contribution in [0.3, 0.4) is 0 Å². The number of rotatable bonds is 6. The lowest BCUT2D eigenvalue weighted by molar-refractivity contribution is 0.589. The first-order valence-electron chi connectivity index (χ1n) is 4.64. The Balaban J connectivity index is 1.68. The Hall–Kier alpha value is -0.0400. The summed E-state index contributed by atoms with van der Waals surface area (Å²) in [4.78, 5) is 0. The van der Waals surface area contributed by atoms with Crippen molar-refractivity contribution in [1.29, 1.82) is 0 Å². The van der Waals surface area contributed by atoms with Crippen LogP contribution in [0.2, 0.25) is 0 Å². The minimum absolute atomic E-state index is 1.13. The van der Waals surface area contributed by atoms with E-state index in [0.29, 0.717) is 0 Å². The van der Waals surface area contributed by atoms with Gasteiger partial charge in [0.1, 0.15) is 0 Å². The molecule has 1 heteroatoms. The van der Waals surface area contributed by atoms with Crippen molar-refractivity contribution < 1.29 is 0 Å². The molecule has 0 aliphatic heterocycles. The van der Waals surface area contributed by atoms with Crippen molar-refractivity contribution in [3.05, 3.63) is 0 Å². The van der Waals surface area contributed by atoms with E-state index >= 15 is 0 Å². The van der Waals surface area contributed by atoms with E-state index in [-0.39, 0.29) is 0 Å². The van der Waals surface area contributed by atoms with E-state index in [0.717, 1.165) is 12.5 Å². The molecule has 60 valence electrons. The molecule has 0 aromatic carbocycles. The molecule has 0 atom stereocenters. The number of hydrogen-bond acceptors (Lipinski definition) is 1. The number of nitrogens with one attached hydrogen (secondary N) is 1. The third-order valence-electron chi connectivity index (χ3n) is 2.16. The van der Waals surface area contributed by atoms with Crippen LogP contribution in [0.1, 0.15) is 39.0 Å². The fourth-order valence-electron chi connectivity index (χ4n) is 1.27. The Morgan fingerprint density at radius 2 is 2.10 bits per heavy atom. The maximum Gasteiger partial charge on any atom is -0.00490 e. The number of hydrogen-bond donors (Lipinski definition) is 1. The lowest BCUT2D eigenvalue weighted by Gasteiger charge is -1.99. The van der Waals surface area contributed by atoms with Crippen molar-refractivity contribution in [2.45, 2.75) is 39.0 Å². The predicted molar refractivity (Wildman–Crippen MR) is 45.1 cm³/mol. The molecule has 1 N–H and O–H groups in total. The molecule has 0 unspecified atom stereocenters. The zero-order chi connectivity index (χ0) is 7.23. The first-order chi connectivity index (χ1) is 4.93. The van der Waals surface area contributed by atoms with Gasteiger partial charge in [-0.05, 0) is 25.4 Å². The van der Waals surface area contributed by atoms with Crippen LogP contribution in [0, 0.1) is 5.92 Å². The second kappa shape index (κ2) is 4.73. The van der Waals surface area contributed by atoms with Gasteiger partial charge in [-0.1, -0.05) is 32.6 Å². The van der Waals surface area contributed by atoms with Crippen LogP contribution in [0.25, 0.3) is 0 Å². The van der Waals surface area contributed by atoms with Gasteiger partial charge in [0, 0.05) is 0 Å². The van der Waals surface area contributed by atoms with E-state index in [2.05, 4.69) is 12.2 Å². The van der Waals surface area contributed by atoms with Crippen molar-refractivity contribution in [2.24, 2.45) is 5.92 Å². The van der Waals surface area contributed by atoms with Crippen LogP contribution in [-0.2, 0) is 0 Å². The van der Waals surface area contributed by atoms with Gasteiger partial charge in [0.05, 0.1) is 0 Å². The van der Waals surface area contributed by atoms with Crippen LogP contribution >= 0.6 is 0 Å². The van der Waals surface area contributed by atoms with Gasteiger partial charge in [-0.25, -0.2) is 0 Å². The van der Waals surface area contributed by atoms with E-state index < -0.39 is 0 Å². The Morgan fingerprint density at radius 1 is 1.30 bits per heavy atom. The lowest BCUT2D eigenvalue weighted by atomic mass is 10.2. The van der Waals surface area contributed by atoms with Crippen molar-refractivity contribution in [3.63, 3.8) is 0 Å². The molecule has 0 aromatic heterocycles. The molecule has 0 spiro atoms. The fourth-order valence-corrected chi connectivity index (χ4v) is 1.27. The summed E-state index contributed by atoms with van der Waals surface area (Å²) >= 11 is 0. The topological polar surface area (TPSA) is 12.0 Å². The van der Waals surface area contributed by atoms with Crippen LogP contribution in [-0.4, -0.2) is 13.1 Å². The summed E-state index contributed by atoms with van der Waals surface area (Å²) in [5.74, 6) is 1.13. The molecule has 1 rings (SSSR count). The van der Waals surface area contributed by atoms with E-state index in [9.17, 15) is 0 Å². The Kier molecular flexibility index (Phi) is 3.81. The Morgan fingerprint density at radius 3 is 2.70 bits per heavy atom. The maximum absolute atomic E-state index is 3.34. The molecule has 0 heterocycles. The second-order valence-electron chi connectivity index (χ2n) is 3.29. The predicted octanol–water partition coefficient (Wildman–Crippen LogP) is 2.18. The van der Waals surface area contributed by atoms with Gasteiger partial charge in [0.15, 0.2) is 0 Å². The molecule has 0 aromatic rings. The monoisotopic (exact) mass is 141 g/mol. The van der Waals surface area contributed by atoms with Crippen LogP contribution < -0.4 is 5.32 Å². The Bertz CT molecular complexity index is 76.8. The quantitative estimate of drug-likeness (QED) is 0.559. The van der Waals surface area contributed by atoms with Crippen LogP contribution in [0.5, 0.6) is 0 Å². The highest BCUT2D eigenvalue weighted by Crippen LogP contribution is 2.33. The first kappa shape index (κ1) is 8.06. The van der Waals surface area contributed by atoms with Gasteiger partial charge in [-0.15, -0.1) is 0 Å². The molecule has 1 saturated carbocycles. The van der Waals surface area contributed by atoms with Gasteiger partial charge < -0.3 is 5.32 Å². The molecular weight excluding hydrogens is 122 g/mol. The SMILES string of the molecule is CCNCCCCC1CC1. The van der Waals surface area contributed by atoms with Crippen LogP contribution in [0.15, 0.2) is 0 Å². The summed E-state index contributed by atoms with van der Waals surface area (Å²) in [6, 6.07) is 0. The average Bonchev–Trinajstić information content (AvgIpc) is 2.71. The van der Waals surface area contributed by atoms with Crippen molar-refractivity contribution >= 4 is 0 Å². The third-order valence-corrected chi connectivity index (χ3v) is 2.16. The highest BCUT2D eigenvalue weighted by molar-refractivity contribution is 4.72. The third kappa shape index (κ3) is 3.89. The van der Waals surface area contributed by atoms with E-state index in [1.54, 1.807) is 0 Å². The minimum Gasteiger partial charge on any atom is -0.317 e. The summed E-state index contributed by atoms with van der Waals surface area (Å²) in [5, 5.41) is 3.34. The van der Waals surface area contributed by atoms with Gasteiger partial charge in [-0.2, -0.15) is 0 Å². The van der Waals surface area contributed by atoms with Crippen LogP contribution in [0.4, 0.5) is 0 Å². The summed E-state index contributed by atoms with van der Waals surface area (Å²) in [5.41, 5.74) is 0. The fraction of sp³-hybridized carbons (Fsp3) is 1.00. The maximum atomic E-state index is 3.34. The van der Waals surface area contributed by atoms with E-state index in [1.165, 1.54) is 38.6 Å². The molecule has 1 fully saturated rings. The molecule has 0 radical (unpaired) electrons. The molecule has 1 nitrogen and oxygen atoms in total. The molecule has 10 heavy (non-hydrogen) atoms. The Labute approximate surface area is 64.2 Å². The summed E-state index contributed by atoms with van der Waals surface area (Å²) < 4.78 is 0. The summed E-state index contributed by atoms with van der Waals surface area (Å²) in [7, 11) is 0. The molecular formula is C9H19N. The molecule has 1 aliphatic rings. The second-order valence-corrected chi connectivity index (χ2v) is 3.29. The van der Waals surface area contributed by atoms with Gasteiger partial charge in [-0.3, -0.25) is 0 Å². The molecule has 0 saturated heterocycles.